The fraction of sp³-hybridized carbons (Fsp3) is 0.0909. The topological polar surface area (TPSA) is 58.2 Å². The summed E-state index contributed by atoms with van der Waals surface area (Å²) >= 11 is 3.45. The molecule has 0 radical (unpaired) electrons. The highest BCUT2D eigenvalue weighted by atomic mass is 79.9. The van der Waals surface area contributed by atoms with E-state index < -0.39 is 0 Å². The number of rotatable bonds is 4. The molecule has 0 spiro atoms. The van der Waals surface area contributed by atoms with Crippen molar-refractivity contribution in [2.24, 2.45) is 0 Å². The molecule has 3 rings (SSSR count). The molecule has 0 aliphatic rings. The van der Waals surface area contributed by atoms with Gasteiger partial charge in [0.15, 0.2) is 0 Å². The lowest BCUT2D eigenvalue weighted by molar-refractivity contribution is 0.101. The van der Waals surface area contributed by atoms with Crippen LogP contribution in [-0.2, 0) is 0 Å². The molecule has 0 unspecified atom stereocenters. The second-order valence-corrected chi connectivity index (χ2v) is 7.12. The summed E-state index contributed by atoms with van der Waals surface area (Å²) in [6, 6.07) is 19.9. The number of halogens is 1. The van der Waals surface area contributed by atoms with Gasteiger partial charge >= 0.3 is 0 Å². The third-order valence-corrected chi connectivity index (χ3v) is 4.94. The molecule has 5 heteroatoms. The van der Waals surface area contributed by atoms with E-state index in [9.17, 15) is 9.59 Å². The summed E-state index contributed by atoms with van der Waals surface area (Å²) in [6.45, 7) is 3.99. The van der Waals surface area contributed by atoms with E-state index in [1.54, 1.807) is 36.4 Å². The van der Waals surface area contributed by atoms with Crippen LogP contribution in [0.4, 0.5) is 11.4 Å². The minimum atomic E-state index is -0.191. The van der Waals surface area contributed by atoms with Crippen LogP contribution in [-0.4, -0.2) is 11.8 Å². The van der Waals surface area contributed by atoms with E-state index in [2.05, 4.69) is 26.6 Å². The van der Waals surface area contributed by atoms with E-state index in [1.807, 2.05) is 44.2 Å². The molecule has 2 amide bonds. The molecule has 4 nitrogen and oxygen atoms in total. The molecular weight excluding hydrogens is 404 g/mol. The zero-order valence-electron chi connectivity index (χ0n) is 15.0. The van der Waals surface area contributed by atoms with Gasteiger partial charge < -0.3 is 10.6 Å². The van der Waals surface area contributed by atoms with Crippen LogP contribution in [0.1, 0.15) is 31.8 Å². The van der Waals surface area contributed by atoms with Crippen LogP contribution in [0.2, 0.25) is 0 Å². The first-order valence-electron chi connectivity index (χ1n) is 8.48. The van der Waals surface area contributed by atoms with Crippen LogP contribution in [0, 0.1) is 13.8 Å². The predicted octanol–water partition coefficient (Wildman–Crippen LogP) is 5.57. The molecule has 2 N–H and O–H groups in total. The van der Waals surface area contributed by atoms with E-state index >= 15 is 0 Å². The van der Waals surface area contributed by atoms with Gasteiger partial charge in [0.1, 0.15) is 0 Å². The van der Waals surface area contributed by atoms with Gasteiger partial charge in [-0.25, -0.2) is 0 Å². The Balaban J connectivity index is 1.71. The molecule has 136 valence electrons. The van der Waals surface area contributed by atoms with Gasteiger partial charge in [-0.1, -0.05) is 24.3 Å². The van der Waals surface area contributed by atoms with Crippen molar-refractivity contribution >= 4 is 39.1 Å². The molecule has 0 heterocycles. The highest BCUT2D eigenvalue weighted by Crippen LogP contribution is 2.27. The smallest absolute Gasteiger partial charge is 0.255 e. The van der Waals surface area contributed by atoms with Crippen LogP contribution in [0.25, 0.3) is 0 Å². The standard InChI is InChI=1S/C22H19BrN2O2/c1-14-8-9-17(12-15(14)2)22(27)24-18-10-11-20(19(23)13-18)25-21(26)16-6-4-3-5-7-16/h3-13H,1-2H3,(H,24,27)(H,25,26). The second-order valence-electron chi connectivity index (χ2n) is 6.27. The molecule has 3 aromatic carbocycles. The normalized spacial score (nSPS) is 10.3. The summed E-state index contributed by atoms with van der Waals surface area (Å²) in [6.07, 6.45) is 0. The van der Waals surface area contributed by atoms with Crippen molar-refractivity contribution in [2.75, 3.05) is 10.6 Å². The highest BCUT2D eigenvalue weighted by Gasteiger charge is 2.11. The van der Waals surface area contributed by atoms with Crippen molar-refractivity contribution in [1.82, 2.24) is 0 Å². The van der Waals surface area contributed by atoms with Crippen molar-refractivity contribution in [3.8, 4) is 0 Å². The fourth-order valence-electron chi connectivity index (χ4n) is 2.56. The Labute approximate surface area is 166 Å². The van der Waals surface area contributed by atoms with Crippen molar-refractivity contribution in [3.63, 3.8) is 0 Å². The zero-order chi connectivity index (χ0) is 19.4. The molecule has 27 heavy (non-hydrogen) atoms. The molecule has 0 aliphatic heterocycles. The summed E-state index contributed by atoms with van der Waals surface area (Å²) in [5.41, 5.74) is 4.68. The summed E-state index contributed by atoms with van der Waals surface area (Å²) < 4.78 is 0.685. The Hall–Kier alpha value is -2.92. The molecule has 0 aliphatic carbocycles. The van der Waals surface area contributed by atoms with Gasteiger partial charge in [0, 0.05) is 21.3 Å². The largest absolute Gasteiger partial charge is 0.322 e. The number of nitrogens with one attached hydrogen (secondary N) is 2. The molecule has 0 atom stereocenters. The average Bonchev–Trinajstić information content (AvgIpc) is 2.66. The highest BCUT2D eigenvalue weighted by molar-refractivity contribution is 9.10. The SMILES string of the molecule is Cc1ccc(C(=O)Nc2ccc(NC(=O)c3ccccc3)c(Br)c2)cc1C. The lowest BCUT2D eigenvalue weighted by Crippen LogP contribution is -2.14. The van der Waals surface area contributed by atoms with Gasteiger partial charge in [0.25, 0.3) is 11.8 Å². The van der Waals surface area contributed by atoms with Gasteiger partial charge in [-0.15, -0.1) is 0 Å². The molecular formula is C22H19BrN2O2. The fourth-order valence-corrected chi connectivity index (χ4v) is 3.04. The van der Waals surface area contributed by atoms with Crippen LogP contribution < -0.4 is 10.6 Å². The molecule has 0 aromatic heterocycles. The minimum Gasteiger partial charge on any atom is -0.322 e. The van der Waals surface area contributed by atoms with Gasteiger partial charge in [-0.05, 0) is 83.4 Å². The van der Waals surface area contributed by atoms with E-state index in [-0.39, 0.29) is 11.8 Å². The molecule has 0 bridgehead atoms. The average molecular weight is 423 g/mol. The van der Waals surface area contributed by atoms with Crippen molar-refractivity contribution < 1.29 is 9.59 Å². The van der Waals surface area contributed by atoms with Gasteiger partial charge in [-0.3, -0.25) is 9.59 Å². The van der Waals surface area contributed by atoms with E-state index in [0.29, 0.717) is 27.0 Å². The molecule has 3 aromatic rings. The number of hydrogen-bond acceptors (Lipinski definition) is 2. The maximum absolute atomic E-state index is 12.4. The van der Waals surface area contributed by atoms with Crippen LogP contribution in [0.3, 0.4) is 0 Å². The minimum absolute atomic E-state index is 0.175. The Morgan fingerprint density at radius 2 is 1.44 bits per heavy atom. The summed E-state index contributed by atoms with van der Waals surface area (Å²) in [5.74, 6) is -0.366. The maximum atomic E-state index is 12.4. The number of amides is 2. The third kappa shape index (κ3) is 4.63. The quantitative estimate of drug-likeness (QED) is 0.577. The van der Waals surface area contributed by atoms with Gasteiger partial charge in [-0.2, -0.15) is 0 Å². The Morgan fingerprint density at radius 3 is 2.11 bits per heavy atom. The number of hydrogen-bond donors (Lipinski definition) is 2. The van der Waals surface area contributed by atoms with Crippen LogP contribution >= 0.6 is 15.9 Å². The lowest BCUT2D eigenvalue weighted by atomic mass is 10.1. The van der Waals surface area contributed by atoms with Crippen molar-refractivity contribution in [3.05, 3.63) is 93.5 Å². The second kappa shape index (κ2) is 8.18. The van der Waals surface area contributed by atoms with E-state index in [4.69, 9.17) is 0 Å². The number of carbonyl (C=O) groups is 2. The Morgan fingerprint density at radius 1 is 0.741 bits per heavy atom. The third-order valence-electron chi connectivity index (χ3n) is 4.28. The van der Waals surface area contributed by atoms with E-state index in [1.165, 1.54) is 0 Å². The Kier molecular flexibility index (Phi) is 5.72. The first-order valence-corrected chi connectivity index (χ1v) is 9.28. The van der Waals surface area contributed by atoms with E-state index in [0.717, 1.165) is 11.1 Å². The Bertz CT molecular complexity index is 1000. The predicted molar refractivity (Wildman–Crippen MR) is 112 cm³/mol. The number of benzene rings is 3. The monoisotopic (exact) mass is 422 g/mol. The number of aryl methyl sites for hydroxylation is 2. The van der Waals surface area contributed by atoms with Crippen LogP contribution in [0.15, 0.2) is 71.2 Å². The number of carbonyl (C=O) groups excluding carboxylic acids is 2. The summed E-state index contributed by atoms with van der Waals surface area (Å²) in [5, 5.41) is 5.73. The lowest BCUT2D eigenvalue weighted by Gasteiger charge is -2.11. The maximum Gasteiger partial charge on any atom is 0.255 e. The van der Waals surface area contributed by atoms with Gasteiger partial charge in [0.2, 0.25) is 0 Å². The number of anilines is 2. The summed E-state index contributed by atoms with van der Waals surface area (Å²) in [4.78, 5) is 24.7. The first-order chi connectivity index (χ1) is 12.9. The van der Waals surface area contributed by atoms with Gasteiger partial charge in [0.05, 0.1) is 5.69 Å². The van der Waals surface area contributed by atoms with Crippen LogP contribution in [0.5, 0.6) is 0 Å². The molecule has 0 fully saturated rings. The summed E-state index contributed by atoms with van der Waals surface area (Å²) in [7, 11) is 0. The zero-order valence-corrected chi connectivity index (χ0v) is 16.6. The first kappa shape index (κ1) is 18.9. The van der Waals surface area contributed by atoms with Crippen molar-refractivity contribution in [1.29, 1.82) is 0 Å². The molecule has 0 saturated heterocycles. The molecule has 0 saturated carbocycles. The van der Waals surface area contributed by atoms with Crippen molar-refractivity contribution in [2.45, 2.75) is 13.8 Å².